The summed E-state index contributed by atoms with van der Waals surface area (Å²) in [6.45, 7) is 12.1. The molecular weight excluding hydrogens is 298 g/mol. The number of amides is 1. The number of nitrogens with one attached hydrogen (secondary N) is 1. The van der Waals surface area contributed by atoms with Crippen LogP contribution >= 0.6 is 0 Å². The second-order valence-corrected chi connectivity index (χ2v) is 6.55. The molecular formula is C21H27NO2. The lowest BCUT2D eigenvalue weighted by molar-refractivity contribution is -0.122. The minimum absolute atomic E-state index is 0.104. The quantitative estimate of drug-likeness (QED) is 0.838. The molecule has 0 saturated carbocycles. The van der Waals surface area contributed by atoms with Gasteiger partial charge in [-0.25, -0.2) is 0 Å². The Morgan fingerprint density at radius 3 is 2.08 bits per heavy atom. The Kier molecular flexibility index (Phi) is 5.66. The van der Waals surface area contributed by atoms with Crippen LogP contribution in [-0.4, -0.2) is 12.0 Å². The van der Waals surface area contributed by atoms with E-state index in [1.54, 1.807) is 0 Å². The van der Waals surface area contributed by atoms with Crippen LogP contribution in [-0.2, 0) is 4.79 Å². The summed E-state index contributed by atoms with van der Waals surface area (Å²) in [5, 5.41) is 3.04. The van der Waals surface area contributed by atoms with Crippen molar-refractivity contribution in [3.8, 4) is 5.75 Å². The van der Waals surface area contributed by atoms with Crippen LogP contribution in [0.1, 0.15) is 41.2 Å². The number of ether oxygens (including phenoxy) is 1. The molecule has 0 saturated heterocycles. The van der Waals surface area contributed by atoms with Gasteiger partial charge in [-0.15, -0.1) is 0 Å². The number of rotatable bonds is 5. The Morgan fingerprint density at radius 1 is 0.958 bits per heavy atom. The molecule has 3 heteroatoms. The lowest BCUT2D eigenvalue weighted by Crippen LogP contribution is -2.33. The van der Waals surface area contributed by atoms with Gasteiger partial charge < -0.3 is 10.1 Å². The molecule has 1 N–H and O–H groups in total. The van der Waals surface area contributed by atoms with Gasteiger partial charge in [-0.05, 0) is 63.8 Å². The van der Waals surface area contributed by atoms with Crippen LogP contribution < -0.4 is 10.1 Å². The third-order valence-electron chi connectivity index (χ3n) is 4.19. The molecule has 0 spiro atoms. The van der Waals surface area contributed by atoms with Gasteiger partial charge in [0.1, 0.15) is 5.75 Å². The van der Waals surface area contributed by atoms with Gasteiger partial charge in [0.2, 0.25) is 0 Å². The van der Waals surface area contributed by atoms with Crippen LogP contribution in [0.15, 0.2) is 30.3 Å². The SMILES string of the molecule is CC[C@H](Oc1ccc(C)cc1C)C(=O)Nc1c(C)cc(C)cc1C. The second-order valence-electron chi connectivity index (χ2n) is 6.55. The zero-order valence-corrected chi connectivity index (χ0v) is 15.5. The lowest BCUT2D eigenvalue weighted by atomic mass is 10.0. The fraction of sp³-hybridized carbons (Fsp3) is 0.381. The van der Waals surface area contributed by atoms with Crippen molar-refractivity contribution in [1.82, 2.24) is 0 Å². The number of aryl methyl sites for hydroxylation is 5. The molecule has 0 bridgehead atoms. The van der Waals surface area contributed by atoms with Gasteiger partial charge in [-0.2, -0.15) is 0 Å². The molecule has 0 radical (unpaired) electrons. The monoisotopic (exact) mass is 325 g/mol. The van der Waals surface area contributed by atoms with Crippen molar-refractivity contribution in [3.63, 3.8) is 0 Å². The third-order valence-corrected chi connectivity index (χ3v) is 4.19. The first kappa shape index (κ1) is 18.1. The van der Waals surface area contributed by atoms with Crippen LogP contribution in [0, 0.1) is 34.6 Å². The molecule has 0 heterocycles. The minimum atomic E-state index is -0.508. The number of carbonyl (C=O) groups is 1. The fourth-order valence-corrected chi connectivity index (χ4v) is 2.99. The van der Waals surface area contributed by atoms with Gasteiger partial charge in [0.15, 0.2) is 6.10 Å². The predicted molar refractivity (Wildman–Crippen MR) is 99.9 cm³/mol. The van der Waals surface area contributed by atoms with Crippen molar-refractivity contribution in [3.05, 3.63) is 58.1 Å². The second kappa shape index (κ2) is 7.52. The van der Waals surface area contributed by atoms with Gasteiger partial charge in [0.25, 0.3) is 5.91 Å². The van der Waals surface area contributed by atoms with Crippen molar-refractivity contribution in [2.24, 2.45) is 0 Å². The highest BCUT2D eigenvalue weighted by Gasteiger charge is 2.20. The normalized spacial score (nSPS) is 11.9. The number of hydrogen-bond acceptors (Lipinski definition) is 2. The summed E-state index contributed by atoms with van der Waals surface area (Å²) in [6, 6.07) is 10.2. The molecule has 1 atom stereocenters. The van der Waals surface area contributed by atoms with Gasteiger partial charge in [-0.3, -0.25) is 4.79 Å². The van der Waals surface area contributed by atoms with Gasteiger partial charge in [-0.1, -0.05) is 42.3 Å². The molecule has 2 rings (SSSR count). The van der Waals surface area contributed by atoms with Gasteiger partial charge in [0, 0.05) is 5.69 Å². The summed E-state index contributed by atoms with van der Waals surface area (Å²) in [4.78, 5) is 12.7. The molecule has 24 heavy (non-hydrogen) atoms. The van der Waals surface area contributed by atoms with E-state index in [-0.39, 0.29) is 5.91 Å². The van der Waals surface area contributed by atoms with Crippen LogP contribution in [0.3, 0.4) is 0 Å². The van der Waals surface area contributed by atoms with Crippen molar-refractivity contribution in [2.45, 2.75) is 54.1 Å². The van der Waals surface area contributed by atoms with Crippen LogP contribution in [0.5, 0.6) is 5.75 Å². The molecule has 128 valence electrons. The smallest absolute Gasteiger partial charge is 0.265 e. The van der Waals surface area contributed by atoms with Crippen molar-refractivity contribution >= 4 is 11.6 Å². The molecule has 0 aliphatic carbocycles. The number of benzene rings is 2. The van der Waals surface area contributed by atoms with E-state index in [9.17, 15) is 4.79 Å². The molecule has 0 fully saturated rings. The van der Waals surface area contributed by atoms with Crippen LogP contribution in [0.4, 0.5) is 5.69 Å². The largest absolute Gasteiger partial charge is 0.480 e. The maximum absolute atomic E-state index is 12.7. The Labute approximate surface area is 145 Å². The first-order valence-corrected chi connectivity index (χ1v) is 8.44. The van der Waals surface area contributed by atoms with E-state index < -0.39 is 6.10 Å². The Hall–Kier alpha value is -2.29. The number of anilines is 1. The van der Waals surface area contributed by atoms with E-state index in [1.807, 2.05) is 46.8 Å². The van der Waals surface area contributed by atoms with E-state index in [4.69, 9.17) is 4.74 Å². The standard InChI is InChI=1S/C21H27NO2/c1-7-18(24-19-9-8-13(2)10-15(19)4)21(23)22-20-16(5)11-14(3)12-17(20)6/h8-12,18H,7H2,1-6H3,(H,22,23)/t18-/m0/s1. The first-order chi connectivity index (χ1) is 11.3. The molecule has 0 aromatic heterocycles. The number of carbonyl (C=O) groups excluding carboxylic acids is 1. The highest BCUT2D eigenvalue weighted by atomic mass is 16.5. The Bertz CT molecular complexity index is 726. The van der Waals surface area contributed by atoms with Crippen LogP contribution in [0.2, 0.25) is 0 Å². The highest BCUT2D eigenvalue weighted by Crippen LogP contribution is 2.24. The molecule has 1 amide bonds. The highest BCUT2D eigenvalue weighted by molar-refractivity contribution is 5.95. The van der Waals surface area contributed by atoms with E-state index in [0.717, 1.165) is 28.1 Å². The Balaban J connectivity index is 2.17. The average Bonchev–Trinajstić information content (AvgIpc) is 2.50. The van der Waals surface area contributed by atoms with Crippen molar-refractivity contribution < 1.29 is 9.53 Å². The summed E-state index contributed by atoms with van der Waals surface area (Å²) in [7, 11) is 0. The van der Waals surface area contributed by atoms with Crippen LogP contribution in [0.25, 0.3) is 0 Å². The van der Waals surface area contributed by atoms with Gasteiger partial charge in [0.05, 0.1) is 0 Å². The fourth-order valence-electron chi connectivity index (χ4n) is 2.99. The van der Waals surface area contributed by atoms with Crippen molar-refractivity contribution in [1.29, 1.82) is 0 Å². The maximum Gasteiger partial charge on any atom is 0.265 e. The minimum Gasteiger partial charge on any atom is -0.480 e. The van der Waals surface area contributed by atoms with E-state index >= 15 is 0 Å². The number of hydrogen-bond donors (Lipinski definition) is 1. The molecule has 2 aromatic carbocycles. The Morgan fingerprint density at radius 2 is 1.54 bits per heavy atom. The molecule has 2 aromatic rings. The van der Waals surface area contributed by atoms with Crippen molar-refractivity contribution in [2.75, 3.05) is 5.32 Å². The predicted octanol–water partition coefficient (Wildman–Crippen LogP) is 5.02. The maximum atomic E-state index is 12.7. The lowest BCUT2D eigenvalue weighted by Gasteiger charge is -2.20. The van der Waals surface area contributed by atoms with Gasteiger partial charge >= 0.3 is 0 Å². The molecule has 0 unspecified atom stereocenters. The summed E-state index contributed by atoms with van der Waals surface area (Å²) >= 11 is 0. The first-order valence-electron chi connectivity index (χ1n) is 8.44. The molecule has 0 aliphatic rings. The topological polar surface area (TPSA) is 38.3 Å². The molecule has 0 aliphatic heterocycles. The summed E-state index contributed by atoms with van der Waals surface area (Å²) < 4.78 is 5.97. The van der Waals surface area contributed by atoms with E-state index in [1.165, 1.54) is 11.1 Å². The van der Waals surface area contributed by atoms with E-state index in [0.29, 0.717) is 6.42 Å². The zero-order valence-electron chi connectivity index (χ0n) is 15.5. The zero-order chi connectivity index (χ0) is 17.9. The molecule has 3 nitrogen and oxygen atoms in total. The van der Waals surface area contributed by atoms with E-state index in [2.05, 4.69) is 30.4 Å². The summed E-state index contributed by atoms with van der Waals surface area (Å²) in [5.74, 6) is 0.660. The average molecular weight is 325 g/mol. The third kappa shape index (κ3) is 4.16. The summed E-state index contributed by atoms with van der Waals surface area (Å²) in [5.41, 5.74) is 6.45. The summed E-state index contributed by atoms with van der Waals surface area (Å²) in [6.07, 6.45) is 0.106.